The molecule has 1 aromatic heterocycles. The summed E-state index contributed by atoms with van der Waals surface area (Å²) in [6.45, 7) is 0. The molecule has 0 saturated heterocycles. The van der Waals surface area contributed by atoms with Gasteiger partial charge in [0.2, 0.25) is 0 Å². The van der Waals surface area contributed by atoms with E-state index in [0.29, 0.717) is 22.6 Å². The molecular weight excluding hydrogens is 314 g/mol. The van der Waals surface area contributed by atoms with Gasteiger partial charge in [-0.05, 0) is 36.4 Å². The second-order valence-electron chi connectivity index (χ2n) is 5.42. The van der Waals surface area contributed by atoms with Gasteiger partial charge in [0.05, 0.1) is 11.3 Å². The molecule has 0 saturated carbocycles. The molecule has 0 aliphatic rings. The highest BCUT2D eigenvalue weighted by Crippen LogP contribution is 2.22. The molecule has 3 aromatic rings. The number of aromatic nitrogens is 1. The van der Waals surface area contributed by atoms with Crippen molar-refractivity contribution >= 4 is 23.3 Å². The lowest BCUT2D eigenvalue weighted by molar-refractivity contribution is 0.0993. The van der Waals surface area contributed by atoms with Crippen molar-refractivity contribution in [3.05, 3.63) is 90.1 Å². The van der Waals surface area contributed by atoms with Crippen LogP contribution in [0.2, 0.25) is 0 Å². The fourth-order valence-corrected chi connectivity index (χ4v) is 2.46. The Morgan fingerprint density at radius 1 is 0.880 bits per heavy atom. The fraction of sp³-hybridized carbons (Fsp3) is 0.0500. The summed E-state index contributed by atoms with van der Waals surface area (Å²) in [6.07, 6.45) is 1.60. The molecule has 1 N–H and O–H groups in total. The van der Waals surface area contributed by atoms with Crippen LogP contribution in [0, 0.1) is 0 Å². The number of para-hydroxylation sites is 1. The van der Waals surface area contributed by atoms with Crippen LogP contribution in [-0.4, -0.2) is 23.8 Å². The van der Waals surface area contributed by atoms with Crippen LogP contribution in [0.1, 0.15) is 20.7 Å². The lowest BCUT2D eigenvalue weighted by atomic mass is 10.1. The van der Waals surface area contributed by atoms with E-state index in [1.54, 1.807) is 80.0 Å². The van der Waals surface area contributed by atoms with Crippen LogP contribution in [0.4, 0.5) is 11.5 Å². The second-order valence-corrected chi connectivity index (χ2v) is 5.42. The summed E-state index contributed by atoms with van der Waals surface area (Å²) in [4.78, 5) is 30.8. The van der Waals surface area contributed by atoms with Gasteiger partial charge in [0.15, 0.2) is 0 Å². The molecule has 2 amide bonds. The first kappa shape index (κ1) is 16.4. The number of pyridine rings is 1. The Labute approximate surface area is 145 Å². The van der Waals surface area contributed by atoms with E-state index in [9.17, 15) is 9.59 Å². The molecule has 0 aliphatic heterocycles. The van der Waals surface area contributed by atoms with Gasteiger partial charge in [-0.3, -0.25) is 9.59 Å². The highest BCUT2D eigenvalue weighted by atomic mass is 16.2. The molecule has 0 bridgehead atoms. The van der Waals surface area contributed by atoms with E-state index in [0.717, 1.165) is 0 Å². The Balaban J connectivity index is 1.88. The molecule has 5 heteroatoms. The summed E-state index contributed by atoms with van der Waals surface area (Å²) in [6, 6.07) is 21.2. The fourth-order valence-electron chi connectivity index (χ4n) is 2.46. The van der Waals surface area contributed by atoms with Crippen molar-refractivity contribution in [1.29, 1.82) is 0 Å². The van der Waals surface area contributed by atoms with Gasteiger partial charge in [0.25, 0.3) is 11.8 Å². The van der Waals surface area contributed by atoms with Crippen molar-refractivity contribution in [2.24, 2.45) is 0 Å². The zero-order valence-corrected chi connectivity index (χ0v) is 13.7. The van der Waals surface area contributed by atoms with Crippen LogP contribution >= 0.6 is 0 Å². The number of rotatable bonds is 4. The first-order valence-electron chi connectivity index (χ1n) is 7.81. The molecule has 0 aliphatic carbocycles. The summed E-state index contributed by atoms with van der Waals surface area (Å²) in [7, 11) is 1.65. The monoisotopic (exact) mass is 331 g/mol. The first-order valence-corrected chi connectivity index (χ1v) is 7.81. The van der Waals surface area contributed by atoms with E-state index in [1.807, 2.05) is 6.07 Å². The predicted molar refractivity (Wildman–Crippen MR) is 97.8 cm³/mol. The second kappa shape index (κ2) is 7.40. The number of benzene rings is 2. The van der Waals surface area contributed by atoms with Crippen LogP contribution in [-0.2, 0) is 0 Å². The van der Waals surface area contributed by atoms with Crippen LogP contribution in [0.5, 0.6) is 0 Å². The number of hydrogen-bond acceptors (Lipinski definition) is 3. The normalized spacial score (nSPS) is 10.1. The molecule has 0 atom stereocenters. The number of hydrogen-bond donors (Lipinski definition) is 1. The summed E-state index contributed by atoms with van der Waals surface area (Å²) in [5.41, 5.74) is 1.50. The predicted octanol–water partition coefficient (Wildman–Crippen LogP) is 3.61. The quantitative estimate of drug-likeness (QED) is 0.794. The average molecular weight is 331 g/mol. The maximum absolute atomic E-state index is 12.7. The Bertz CT molecular complexity index is 880. The van der Waals surface area contributed by atoms with Gasteiger partial charge in [0.1, 0.15) is 5.82 Å². The third kappa shape index (κ3) is 3.72. The van der Waals surface area contributed by atoms with E-state index < -0.39 is 0 Å². The van der Waals surface area contributed by atoms with Crippen LogP contribution in [0.3, 0.4) is 0 Å². The van der Waals surface area contributed by atoms with Crippen LogP contribution in [0.25, 0.3) is 0 Å². The summed E-state index contributed by atoms with van der Waals surface area (Å²) in [5.74, 6) is -0.0416. The van der Waals surface area contributed by atoms with Crippen molar-refractivity contribution in [2.75, 3.05) is 17.3 Å². The Hall–Kier alpha value is -3.47. The lowest BCUT2D eigenvalue weighted by Gasteiger charge is -2.20. The zero-order valence-electron chi connectivity index (χ0n) is 13.7. The molecule has 2 aromatic carbocycles. The van der Waals surface area contributed by atoms with Crippen molar-refractivity contribution in [1.82, 2.24) is 4.98 Å². The van der Waals surface area contributed by atoms with Gasteiger partial charge in [0, 0.05) is 18.8 Å². The molecule has 3 rings (SSSR count). The lowest BCUT2D eigenvalue weighted by Crippen LogP contribution is -2.28. The molecule has 1 heterocycles. The van der Waals surface area contributed by atoms with E-state index in [-0.39, 0.29) is 11.8 Å². The molecule has 0 spiro atoms. The molecule has 0 radical (unpaired) electrons. The van der Waals surface area contributed by atoms with Gasteiger partial charge in [-0.2, -0.15) is 0 Å². The van der Waals surface area contributed by atoms with Gasteiger partial charge in [-0.15, -0.1) is 0 Å². The minimum Gasteiger partial charge on any atom is -0.311 e. The highest BCUT2D eigenvalue weighted by Gasteiger charge is 2.19. The zero-order chi connectivity index (χ0) is 17.6. The van der Waals surface area contributed by atoms with Gasteiger partial charge in [-0.25, -0.2) is 4.98 Å². The molecule has 5 nitrogen and oxygen atoms in total. The summed E-state index contributed by atoms with van der Waals surface area (Å²) in [5, 5.41) is 2.74. The maximum atomic E-state index is 12.7. The SMILES string of the molecule is CN(C(=O)c1ccccc1)c1ccccc1C(=O)Nc1ccccn1. The smallest absolute Gasteiger partial charge is 0.258 e. The maximum Gasteiger partial charge on any atom is 0.258 e. The van der Waals surface area contributed by atoms with Crippen molar-refractivity contribution in [2.45, 2.75) is 0 Å². The van der Waals surface area contributed by atoms with Crippen molar-refractivity contribution in [3.8, 4) is 0 Å². The minimum absolute atomic E-state index is 0.182. The Morgan fingerprint density at radius 2 is 1.56 bits per heavy atom. The third-order valence-electron chi connectivity index (χ3n) is 3.74. The molecule has 0 unspecified atom stereocenters. The number of nitrogens with zero attached hydrogens (tertiary/aromatic N) is 2. The molecule has 25 heavy (non-hydrogen) atoms. The van der Waals surface area contributed by atoms with Gasteiger partial charge < -0.3 is 10.2 Å². The number of carbonyl (C=O) groups is 2. The summed E-state index contributed by atoms with van der Waals surface area (Å²) < 4.78 is 0. The molecule has 124 valence electrons. The van der Waals surface area contributed by atoms with Gasteiger partial charge >= 0.3 is 0 Å². The van der Waals surface area contributed by atoms with E-state index in [2.05, 4.69) is 10.3 Å². The largest absolute Gasteiger partial charge is 0.311 e. The number of anilines is 2. The molecule has 0 fully saturated rings. The topological polar surface area (TPSA) is 62.3 Å². The Morgan fingerprint density at radius 3 is 2.28 bits per heavy atom. The number of carbonyl (C=O) groups excluding carboxylic acids is 2. The standard InChI is InChI=1S/C20H17N3O2/c1-23(20(25)15-9-3-2-4-10-15)17-12-6-5-11-16(17)19(24)22-18-13-7-8-14-21-18/h2-14H,1H3,(H,21,22,24). The molecular formula is C20H17N3O2. The Kier molecular flexibility index (Phi) is 4.85. The van der Waals surface area contributed by atoms with E-state index >= 15 is 0 Å². The van der Waals surface area contributed by atoms with E-state index in [1.165, 1.54) is 4.90 Å². The van der Waals surface area contributed by atoms with Crippen LogP contribution in [0.15, 0.2) is 79.0 Å². The average Bonchev–Trinajstić information content (AvgIpc) is 2.68. The first-order chi connectivity index (χ1) is 12.2. The van der Waals surface area contributed by atoms with Crippen molar-refractivity contribution < 1.29 is 9.59 Å². The summed E-state index contributed by atoms with van der Waals surface area (Å²) >= 11 is 0. The van der Waals surface area contributed by atoms with Gasteiger partial charge in [-0.1, -0.05) is 36.4 Å². The van der Waals surface area contributed by atoms with Crippen LogP contribution < -0.4 is 10.2 Å². The number of nitrogens with one attached hydrogen (secondary N) is 1. The highest BCUT2D eigenvalue weighted by molar-refractivity contribution is 6.13. The third-order valence-corrected chi connectivity index (χ3v) is 3.74. The van der Waals surface area contributed by atoms with Crippen molar-refractivity contribution in [3.63, 3.8) is 0 Å². The number of amides is 2. The minimum atomic E-state index is -0.318. The van der Waals surface area contributed by atoms with E-state index in [4.69, 9.17) is 0 Å².